The monoisotopic (exact) mass is 889 g/mol. The van der Waals surface area contributed by atoms with E-state index in [-0.39, 0.29) is 52.7 Å². The molecule has 0 amide bonds. The summed E-state index contributed by atoms with van der Waals surface area (Å²) in [6.07, 6.45) is 10.1. The van der Waals surface area contributed by atoms with Crippen molar-refractivity contribution in [3.05, 3.63) is 77.9 Å². The number of aliphatic hydroxyl groups is 3. The number of hydrogen-bond donors (Lipinski definition) is 5. The Morgan fingerprint density at radius 1 is 0.828 bits per heavy atom. The summed E-state index contributed by atoms with van der Waals surface area (Å²) >= 11 is 3.02. The summed E-state index contributed by atoms with van der Waals surface area (Å²) in [5.74, 6) is -2.78. The zero-order valence-electron chi connectivity index (χ0n) is 33.8. The van der Waals surface area contributed by atoms with Gasteiger partial charge in [0.15, 0.2) is 0 Å². The van der Waals surface area contributed by atoms with Crippen molar-refractivity contribution in [2.75, 3.05) is 28.4 Å². The van der Waals surface area contributed by atoms with Gasteiger partial charge in [-0.2, -0.15) is 15.2 Å². The van der Waals surface area contributed by atoms with E-state index in [9.17, 15) is 14.4 Å². The molecule has 0 aromatic carbocycles. The molecule has 0 saturated carbocycles. The van der Waals surface area contributed by atoms with Crippen molar-refractivity contribution in [2.45, 2.75) is 38.9 Å². The molecule has 7 N–H and O–H groups in total. The van der Waals surface area contributed by atoms with Crippen molar-refractivity contribution in [1.29, 1.82) is 0 Å². The van der Waals surface area contributed by atoms with Crippen LogP contribution in [0.2, 0.25) is 0 Å². The number of carboxylic acids is 1. The maximum Gasteiger partial charge on any atom is 1.00 e. The fraction of sp³-hybridized carbons (Fsp3) is 0.364. The average Bonchev–Trinajstić information content (AvgIpc) is 4.00. The third kappa shape index (κ3) is 20.0. The van der Waals surface area contributed by atoms with E-state index in [4.69, 9.17) is 42.8 Å². The normalized spacial score (nSPS) is 10.4. The molecule has 5 aromatic rings. The van der Waals surface area contributed by atoms with E-state index in [1.54, 1.807) is 82.7 Å². The van der Waals surface area contributed by atoms with Crippen molar-refractivity contribution in [1.82, 2.24) is 34.5 Å². The summed E-state index contributed by atoms with van der Waals surface area (Å²) in [6, 6.07) is 3.50. The summed E-state index contributed by atoms with van der Waals surface area (Å²) in [6.45, 7) is 6.31. The van der Waals surface area contributed by atoms with Gasteiger partial charge in [-0.05, 0) is 73.6 Å². The van der Waals surface area contributed by atoms with Gasteiger partial charge in [-0.15, -0.1) is 0 Å². The molecule has 0 bridgehead atoms. The van der Waals surface area contributed by atoms with Crippen LogP contribution in [0.4, 0.5) is 0 Å². The maximum absolute atomic E-state index is 11.1. The molecule has 5 rings (SSSR count). The van der Waals surface area contributed by atoms with Crippen molar-refractivity contribution in [3.8, 4) is 22.8 Å². The average molecular weight is 890 g/mol. The number of aromatic carboxylic acids is 1. The van der Waals surface area contributed by atoms with Crippen LogP contribution in [0, 0.1) is 0 Å². The smallest absolute Gasteiger partial charge is 0.870 e. The number of allylic oxidation sites excluding steroid dienone is 1. The molecule has 2 radical (unpaired) electrons. The second-order valence-electron chi connectivity index (χ2n) is 11.1. The molecule has 25 heteroatoms. The molecule has 0 aliphatic heterocycles. The third-order valence-electron chi connectivity index (χ3n) is 6.58. The quantitative estimate of drug-likeness (QED) is 0.0779. The van der Waals surface area contributed by atoms with E-state index < -0.39 is 29.1 Å². The Bertz CT molecular complexity index is 1980. The molecular formula is C33H46BBrN9NaO13. The Morgan fingerprint density at radius 2 is 1.21 bits per heavy atom. The van der Waals surface area contributed by atoms with Gasteiger partial charge in [-0.1, -0.05) is 0 Å². The molecule has 0 aliphatic rings. The molecule has 312 valence electrons. The first kappa shape index (κ1) is 57.4. The van der Waals surface area contributed by atoms with Crippen LogP contribution < -0.4 is 35.3 Å². The largest absolute Gasteiger partial charge is 1.00 e. The van der Waals surface area contributed by atoms with Crippen LogP contribution in [0.5, 0.6) is 0 Å². The van der Waals surface area contributed by atoms with E-state index in [1.165, 1.54) is 45.3 Å². The van der Waals surface area contributed by atoms with Crippen LogP contribution in [0.25, 0.3) is 22.8 Å². The molecule has 5 aromatic heterocycles. The number of ether oxygens (including phenoxy) is 2. The number of nitrogens with two attached hydrogens (primary N) is 1. The second-order valence-corrected chi connectivity index (χ2v) is 12.0. The van der Waals surface area contributed by atoms with Gasteiger partial charge in [0.1, 0.15) is 42.6 Å². The number of carbonyl (C=O) groups excluding carboxylic acids is 2. The van der Waals surface area contributed by atoms with Gasteiger partial charge in [0.2, 0.25) is 0 Å². The predicted octanol–water partition coefficient (Wildman–Crippen LogP) is -0.522. The molecule has 0 fully saturated rings. The van der Waals surface area contributed by atoms with E-state index in [0.717, 1.165) is 12.8 Å². The van der Waals surface area contributed by atoms with Crippen LogP contribution in [0.1, 0.15) is 59.8 Å². The van der Waals surface area contributed by atoms with E-state index in [0.29, 0.717) is 27.3 Å². The minimum absolute atomic E-state index is 0. The number of halogens is 1. The molecule has 58 heavy (non-hydrogen) atoms. The summed E-state index contributed by atoms with van der Waals surface area (Å²) in [7, 11) is 13.8. The number of hydrogen-bond acceptors (Lipinski definition) is 19. The molecule has 22 nitrogen and oxygen atoms in total. The van der Waals surface area contributed by atoms with E-state index >= 15 is 0 Å². The van der Waals surface area contributed by atoms with Gasteiger partial charge in [0, 0.05) is 40.6 Å². The molecule has 0 saturated heterocycles. The molecule has 0 spiro atoms. The number of aryl methyl sites for hydroxylation is 2. The molecule has 0 unspecified atom stereocenters. The number of rotatable bonds is 7. The fourth-order valence-electron chi connectivity index (χ4n) is 2.92. The van der Waals surface area contributed by atoms with Crippen LogP contribution in [-0.4, -0.2) is 131 Å². The SMILES string of the molecule is CC(C)(O)C(C)(C)O.CO.COC(=O)c1nc(-c2ccnn2C)co1.COC(=O)c1nc(Br)co1.Cn1nccc1-c1coc(C(=O)O)n1.[B]C(C=CN)=NC.[Na+].[OH-]. The Morgan fingerprint density at radius 3 is 1.47 bits per heavy atom. The Labute approximate surface area is 365 Å². The van der Waals surface area contributed by atoms with Gasteiger partial charge in [-0.3, -0.25) is 9.36 Å². The summed E-state index contributed by atoms with van der Waals surface area (Å²) < 4.78 is 26.9. The van der Waals surface area contributed by atoms with Gasteiger partial charge < -0.3 is 59.4 Å². The van der Waals surface area contributed by atoms with Gasteiger partial charge in [-0.25, -0.2) is 24.4 Å². The number of aromatic nitrogens is 7. The number of carbonyl (C=O) groups is 3. The van der Waals surface area contributed by atoms with Gasteiger partial charge in [0.05, 0.1) is 36.8 Å². The van der Waals surface area contributed by atoms with E-state index in [2.05, 4.69) is 60.0 Å². The van der Waals surface area contributed by atoms with Gasteiger partial charge in [0.25, 0.3) is 0 Å². The summed E-state index contributed by atoms with van der Waals surface area (Å²) in [4.78, 5) is 47.2. The molecule has 0 aliphatic carbocycles. The number of aliphatic hydroxyl groups excluding tert-OH is 1. The zero-order valence-corrected chi connectivity index (χ0v) is 37.4. The predicted molar refractivity (Wildman–Crippen MR) is 206 cm³/mol. The van der Waals surface area contributed by atoms with E-state index in [1.807, 2.05) is 0 Å². The minimum atomic E-state index is -1.18. The first-order chi connectivity index (χ1) is 26.2. The molecule has 5 heterocycles. The standard InChI is InChI=1S/C9H9N3O3.C8H7N3O3.C6H14O2.C5H4BrNO3.C4H7BN2.CH4O.Na.H2O/c1-12-7(3-4-10-12)6-5-15-8(11-6)9(13)14-2;1-11-6(2-3-9-11)5-4-14-7(10-5)8(12)13;1-5(2,7)6(3,4)8;1-9-5(8)4-7-3(6)2-10-4;1-7-4(5)2-3-6;1-2;;/h3-5H,1-2H3;2-4H,1H3,(H,12,13);7-8H,1-4H3;2H,1H3;2-3H,6H2,1H3;2H,1H3;;1H2/q;;;;;;+1;/p-1. The Kier molecular flexibility index (Phi) is 28.1. The van der Waals surface area contributed by atoms with Crippen LogP contribution >= 0.6 is 15.9 Å². The summed E-state index contributed by atoms with van der Waals surface area (Å²) in [5, 5.41) is 41.7. The number of methoxy groups -OCH3 is 2. The molecular weight excluding hydrogens is 844 g/mol. The van der Waals surface area contributed by atoms with Crippen molar-refractivity contribution in [2.24, 2.45) is 24.8 Å². The van der Waals surface area contributed by atoms with Crippen molar-refractivity contribution in [3.63, 3.8) is 0 Å². The third-order valence-corrected chi connectivity index (χ3v) is 6.94. The van der Waals surface area contributed by atoms with Crippen LogP contribution in [0.15, 0.2) is 78.4 Å². The van der Waals surface area contributed by atoms with Crippen molar-refractivity contribution < 1.29 is 92.6 Å². The maximum atomic E-state index is 11.1. The van der Waals surface area contributed by atoms with Crippen molar-refractivity contribution >= 4 is 47.3 Å². The number of oxazole rings is 3. The summed E-state index contributed by atoms with van der Waals surface area (Å²) in [5.41, 5.74) is 5.89. The first-order valence-corrected chi connectivity index (χ1v) is 16.4. The fourth-order valence-corrected chi connectivity index (χ4v) is 3.18. The van der Waals surface area contributed by atoms with Crippen LogP contribution in [-0.2, 0) is 23.6 Å². The van der Waals surface area contributed by atoms with Crippen LogP contribution in [0.3, 0.4) is 0 Å². The molecule has 0 atom stereocenters. The Balaban J connectivity index is -0.000000658. The Hall–Kier alpha value is -4.95. The topological polar surface area (TPSA) is 333 Å². The number of esters is 2. The first-order valence-electron chi connectivity index (χ1n) is 15.6. The zero-order chi connectivity index (χ0) is 43.2. The number of carboxylic acid groups (broad SMARTS) is 1. The van der Waals surface area contributed by atoms with Gasteiger partial charge >= 0.3 is 65.1 Å². The minimum Gasteiger partial charge on any atom is -0.870 e. The second kappa shape index (κ2) is 28.5. The number of nitrogens with zero attached hydrogens (tertiary/aromatic N) is 8. The number of aliphatic imine (C=N–C) groups is 1.